The number of hydrogen-bond donors (Lipinski definition) is 1. The predicted octanol–water partition coefficient (Wildman–Crippen LogP) is 1.59. The molecule has 0 saturated carbocycles. The molecular formula is C11H22N2S. The number of nitrogens with zero attached hydrogens (tertiary/aromatic N) is 1. The molecule has 0 aromatic rings. The van der Waals surface area contributed by atoms with E-state index in [0.29, 0.717) is 12.1 Å². The Morgan fingerprint density at radius 3 is 3.07 bits per heavy atom. The van der Waals surface area contributed by atoms with E-state index < -0.39 is 0 Å². The lowest BCUT2D eigenvalue weighted by Crippen LogP contribution is -2.54. The van der Waals surface area contributed by atoms with Crippen LogP contribution < -0.4 is 5.32 Å². The zero-order valence-corrected chi connectivity index (χ0v) is 10.1. The van der Waals surface area contributed by atoms with Crippen molar-refractivity contribution >= 4 is 11.8 Å². The SMILES string of the molecule is C=CCSCCN1CC(C)NCC1C. The van der Waals surface area contributed by atoms with Crippen molar-refractivity contribution in [1.82, 2.24) is 10.2 Å². The van der Waals surface area contributed by atoms with Crippen molar-refractivity contribution in [1.29, 1.82) is 0 Å². The van der Waals surface area contributed by atoms with E-state index in [-0.39, 0.29) is 0 Å². The molecule has 0 bridgehead atoms. The van der Waals surface area contributed by atoms with Gasteiger partial charge in [0.05, 0.1) is 0 Å². The number of nitrogens with one attached hydrogen (secondary N) is 1. The van der Waals surface area contributed by atoms with E-state index in [1.165, 1.54) is 18.8 Å². The fourth-order valence-electron chi connectivity index (χ4n) is 1.76. The van der Waals surface area contributed by atoms with Crippen molar-refractivity contribution in [3.63, 3.8) is 0 Å². The van der Waals surface area contributed by atoms with Gasteiger partial charge in [0, 0.05) is 43.2 Å². The first-order valence-corrected chi connectivity index (χ1v) is 6.55. The van der Waals surface area contributed by atoms with Crippen LogP contribution in [0.1, 0.15) is 13.8 Å². The van der Waals surface area contributed by atoms with Crippen molar-refractivity contribution in [2.75, 3.05) is 31.1 Å². The van der Waals surface area contributed by atoms with Crippen molar-refractivity contribution < 1.29 is 0 Å². The molecular weight excluding hydrogens is 192 g/mol. The summed E-state index contributed by atoms with van der Waals surface area (Å²) in [6, 6.07) is 1.34. The topological polar surface area (TPSA) is 15.3 Å². The lowest BCUT2D eigenvalue weighted by atomic mass is 10.1. The van der Waals surface area contributed by atoms with E-state index >= 15 is 0 Å². The van der Waals surface area contributed by atoms with E-state index in [1.807, 2.05) is 17.8 Å². The molecule has 0 amide bonds. The number of rotatable bonds is 5. The van der Waals surface area contributed by atoms with Gasteiger partial charge in [-0.2, -0.15) is 11.8 Å². The van der Waals surface area contributed by atoms with Crippen molar-refractivity contribution in [3.8, 4) is 0 Å². The quantitative estimate of drug-likeness (QED) is 0.553. The third-order valence-electron chi connectivity index (χ3n) is 2.65. The first-order chi connectivity index (χ1) is 6.74. The predicted molar refractivity (Wildman–Crippen MR) is 66.0 cm³/mol. The molecule has 1 N–H and O–H groups in total. The van der Waals surface area contributed by atoms with E-state index in [9.17, 15) is 0 Å². The third-order valence-corrected chi connectivity index (χ3v) is 3.59. The Labute approximate surface area is 92.1 Å². The minimum absolute atomic E-state index is 0.649. The normalized spacial score (nSPS) is 29.0. The van der Waals surface area contributed by atoms with Gasteiger partial charge in [0.25, 0.3) is 0 Å². The maximum absolute atomic E-state index is 3.73. The van der Waals surface area contributed by atoms with E-state index in [4.69, 9.17) is 0 Å². The summed E-state index contributed by atoms with van der Waals surface area (Å²) >= 11 is 1.97. The largest absolute Gasteiger partial charge is 0.311 e. The zero-order chi connectivity index (χ0) is 10.4. The zero-order valence-electron chi connectivity index (χ0n) is 9.33. The highest BCUT2D eigenvalue weighted by Crippen LogP contribution is 2.08. The molecule has 3 heteroatoms. The molecule has 0 aromatic heterocycles. The second-order valence-corrected chi connectivity index (χ2v) is 5.17. The average molecular weight is 214 g/mol. The monoisotopic (exact) mass is 214 g/mol. The Morgan fingerprint density at radius 2 is 2.36 bits per heavy atom. The minimum Gasteiger partial charge on any atom is -0.311 e. The van der Waals surface area contributed by atoms with Crippen molar-refractivity contribution in [3.05, 3.63) is 12.7 Å². The van der Waals surface area contributed by atoms with Crippen LogP contribution in [0.15, 0.2) is 12.7 Å². The molecule has 0 radical (unpaired) electrons. The standard InChI is InChI=1S/C11H22N2S/c1-4-6-14-7-5-13-9-10(2)12-8-11(13)3/h4,10-12H,1,5-9H2,2-3H3. The van der Waals surface area contributed by atoms with Gasteiger partial charge in [0.2, 0.25) is 0 Å². The third kappa shape index (κ3) is 4.03. The number of piperazine rings is 1. The summed E-state index contributed by atoms with van der Waals surface area (Å²) in [4.78, 5) is 2.58. The smallest absolute Gasteiger partial charge is 0.0193 e. The molecule has 1 aliphatic rings. The first kappa shape index (κ1) is 12.1. The molecule has 82 valence electrons. The Balaban J connectivity index is 2.17. The Morgan fingerprint density at radius 1 is 1.57 bits per heavy atom. The molecule has 1 aliphatic heterocycles. The molecule has 0 aliphatic carbocycles. The number of thioether (sulfide) groups is 1. The fraction of sp³-hybridized carbons (Fsp3) is 0.818. The lowest BCUT2D eigenvalue weighted by molar-refractivity contribution is 0.156. The van der Waals surface area contributed by atoms with Crippen LogP contribution in [0, 0.1) is 0 Å². The van der Waals surface area contributed by atoms with Gasteiger partial charge >= 0.3 is 0 Å². The summed E-state index contributed by atoms with van der Waals surface area (Å²) in [5.74, 6) is 2.30. The van der Waals surface area contributed by atoms with Gasteiger partial charge in [-0.15, -0.1) is 6.58 Å². The van der Waals surface area contributed by atoms with Gasteiger partial charge in [-0.1, -0.05) is 6.08 Å². The molecule has 2 atom stereocenters. The summed E-state index contributed by atoms with van der Waals surface area (Å²) in [6.07, 6.45) is 1.98. The second-order valence-electron chi connectivity index (χ2n) is 4.02. The maximum Gasteiger partial charge on any atom is 0.0193 e. The molecule has 0 aromatic carbocycles. The van der Waals surface area contributed by atoms with Gasteiger partial charge in [-0.05, 0) is 13.8 Å². The summed E-state index contributed by atoms with van der Waals surface area (Å²) < 4.78 is 0. The molecule has 2 nitrogen and oxygen atoms in total. The highest BCUT2D eigenvalue weighted by molar-refractivity contribution is 7.99. The van der Waals surface area contributed by atoms with E-state index in [0.717, 1.165) is 12.3 Å². The summed E-state index contributed by atoms with van der Waals surface area (Å²) in [5, 5.41) is 3.50. The minimum atomic E-state index is 0.649. The van der Waals surface area contributed by atoms with Gasteiger partial charge in [0.15, 0.2) is 0 Å². The van der Waals surface area contributed by atoms with Crippen LogP contribution in [0.4, 0.5) is 0 Å². The van der Waals surface area contributed by atoms with E-state index in [2.05, 4.69) is 30.6 Å². The van der Waals surface area contributed by atoms with Crippen LogP contribution in [-0.2, 0) is 0 Å². The molecule has 14 heavy (non-hydrogen) atoms. The maximum atomic E-state index is 3.73. The van der Waals surface area contributed by atoms with E-state index in [1.54, 1.807) is 0 Å². The van der Waals surface area contributed by atoms with Crippen molar-refractivity contribution in [2.45, 2.75) is 25.9 Å². The first-order valence-electron chi connectivity index (χ1n) is 5.40. The van der Waals surface area contributed by atoms with Crippen LogP contribution in [0.3, 0.4) is 0 Å². The average Bonchev–Trinajstić information content (AvgIpc) is 2.18. The Kier molecular flexibility index (Phi) is 5.60. The molecule has 1 saturated heterocycles. The number of hydrogen-bond acceptors (Lipinski definition) is 3. The molecule has 1 rings (SSSR count). The second kappa shape index (κ2) is 6.49. The van der Waals surface area contributed by atoms with Gasteiger partial charge in [0.1, 0.15) is 0 Å². The highest BCUT2D eigenvalue weighted by atomic mass is 32.2. The summed E-state index contributed by atoms with van der Waals surface area (Å²) in [6.45, 7) is 11.8. The van der Waals surface area contributed by atoms with Crippen molar-refractivity contribution in [2.24, 2.45) is 0 Å². The van der Waals surface area contributed by atoms with Gasteiger partial charge < -0.3 is 5.32 Å². The van der Waals surface area contributed by atoms with Crippen LogP contribution in [-0.4, -0.2) is 48.1 Å². The van der Waals surface area contributed by atoms with Gasteiger partial charge in [-0.25, -0.2) is 0 Å². The molecule has 1 heterocycles. The summed E-state index contributed by atoms with van der Waals surface area (Å²) in [5.41, 5.74) is 0. The fourth-order valence-corrected chi connectivity index (χ4v) is 2.45. The van der Waals surface area contributed by atoms with Crippen LogP contribution in [0.2, 0.25) is 0 Å². The highest BCUT2D eigenvalue weighted by Gasteiger charge is 2.21. The molecule has 2 unspecified atom stereocenters. The lowest BCUT2D eigenvalue weighted by Gasteiger charge is -2.37. The molecule has 0 spiro atoms. The Hall–Kier alpha value is 0.01000. The van der Waals surface area contributed by atoms with Crippen LogP contribution >= 0.6 is 11.8 Å². The van der Waals surface area contributed by atoms with Crippen LogP contribution in [0.25, 0.3) is 0 Å². The van der Waals surface area contributed by atoms with Gasteiger partial charge in [-0.3, -0.25) is 4.90 Å². The molecule has 1 fully saturated rings. The van der Waals surface area contributed by atoms with Crippen LogP contribution in [0.5, 0.6) is 0 Å². The Bertz CT molecular complexity index is 173. The summed E-state index contributed by atoms with van der Waals surface area (Å²) in [7, 11) is 0.